The van der Waals surface area contributed by atoms with Crippen LogP contribution in [0.15, 0.2) is 28.1 Å². The number of amides is 1. The molecule has 0 unspecified atom stereocenters. The average Bonchev–Trinajstić information content (AvgIpc) is 2.96. The van der Waals surface area contributed by atoms with Crippen molar-refractivity contribution in [2.75, 3.05) is 6.54 Å². The van der Waals surface area contributed by atoms with Crippen LogP contribution in [-0.4, -0.2) is 22.5 Å². The van der Waals surface area contributed by atoms with E-state index in [9.17, 15) is 4.79 Å². The molecule has 0 spiro atoms. The first-order valence-electron chi connectivity index (χ1n) is 5.45. The molecule has 90 valence electrons. The van der Waals surface area contributed by atoms with E-state index in [0.29, 0.717) is 18.8 Å². The van der Waals surface area contributed by atoms with Gasteiger partial charge < -0.3 is 9.42 Å². The Morgan fingerprint density at radius 3 is 2.94 bits per heavy atom. The number of hydrogen-bond acceptors (Lipinski definition) is 4. The minimum Gasteiger partial charge on any atom is -0.351 e. The normalized spacial score (nSPS) is 10.5. The monoisotopic (exact) mass is 250 g/mol. The van der Waals surface area contributed by atoms with E-state index in [1.807, 2.05) is 24.4 Å². The Bertz CT molecular complexity index is 490. The summed E-state index contributed by atoms with van der Waals surface area (Å²) in [6.07, 6.45) is 0. The van der Waals surface area contributed by atoms with Crippen LogP contribution in [0.1, 0.15) is 28.0 Å². The number of hydrogen-bond donors (Lipinski definition) is 0. The van der Waals surface area contributed by atoms with Crippen molar-refractivity contribution in [2.24, 2.45) is 0 Å². The maximum Gasteiger partial charge on any atom is 0.292 e. The van der Waals surface area contributed by atoms with Gasteiger partial charge in [-0.2, -0.15) is 0 Å². The second kappa shape index (κ2) is 5.14. The van der Waals surface area contributed by atoms with Gasteiger partial charge in [0, 0.05) is 17.5 Å². The first kappa shape index (κ1) is 11.9. The van der Waals surface area contributed by atoms with Crippen molar-refractivity contribution in [3.05, 3.63) is 39.9 Å². The molecule has 0 aliphatic heterocycles. The summed E-state index contributed by atoms with van der Waals surface area (Å²) in [6.45, 7) is 5.02. The standard InChI is InChI=1S/C12H14N2O2S/c1-3-14(8-10-5-4-6-17-10)12(15)11-7-9(2)13-16-11/h4-7H,3,8H2,1-2H3. The van der Waals surface area contributed by atoms with Crippen LogP contribution < -0.4 is 0 Å². The molecule has 0 radical (unpaired) electrons. The van der Waals surface area contributed by atoms with E-state index in [4.69, 9.17) is 4.52 Å². The predicted octanol–water partition coefficient (Wildman–Crippen LogP) is 2.71. The van der Waals surface area contributed by atoms with Crippen molar-refractivity contribution in [2.45, 2.75) is 20.4 Å². The molecular formula is C12H14N2O2S. The van der Waals surface area contributed by atoms with Gasteiger partial charge in [0.25, 0.3) is 5.91 Å². The van der Waals surface area contributed by atoms with E-state index in [0.717, 1.165) is 10.6 Å². The Balaban J connectivity index is 2.10. The Hall–Kier alpha value is -1.62. The minimum atomic E-state index is -0.110. The fourth-order valence-corrected chi connectivity index (χ4v) is 2.26. The second-order valence-corrected chi connectivity index (χ2v) is 4.76. The van der Waals surface area contributed by atoms with Crippen LogP contribution in [0.2, 0.25) is 0 Å². The molecule has 0 atom stereocenters. The van der Waals surface area contributed by atoms with Gasteiger partial charge in [-0.05, 0) is 25.3 Å². The number of carbonyl (C=O) groups excluding carboxylic acids is 1. The molecule has 0 aliphatic carbocycles. The third-order valence-electron chi connectivity index (χ3n) is 2.43. The molecule has 2 heterocycles. The summed E-state index contributed by atoms with van der Waals surface area (Å²) in [5.74, 6) is 0.197. The lowest BCUT2D eigenvalue weighted by Gasteiger charge is -2.18. The molecule has 5 heteroatoms. The zero-order valence-electron chi connectivity index (χ0n) is 9.84. The quantitative estimate of drug-likeness (QED) is 0.838. The molecule has 4 nitrogen and oxygen atoms in total. The maximum atomic E-state index is 12.1. The molecule has 17 heavy (non-hydrogen) atoms. The summed E-state index contributed by atoms with van der Waals surface area (Å²) in [4.78, 5) is 15.0. The van der Waals surface area contributed by atoms with Gasteiger partial charge in [-0.1, -0.05) is 11.2 Å². The molecule has 0 saturated carbocycles. The van der Waals surface area contributed by atoms with Crippen molar-refractivity contribution < 1.29 is 9.32 Å². The fraction of sp³-hybridized carbons (Fsp3) is 0.333. The molecule has 2 aromatic rings. The maximum absolute atomic E-state index is 12.1. The Morgan fingerprint density at radius 2 is 2.41 bits per heavy atom. The summed E-state index contributed by atoms with van der Waals surface area (Å²) in [5.41, 5.74) is 0.723. The second-order valence-electron chi connectivity index (χ2n) is 3.73. The van der Waals surface area contributed by atoms with E-state index in [1.165, 1.54) is 0 Å². The molecule has 0 aromatic carbocycles. The van der Waals surface area contributed by atoms with E-state index in [2.05, 4.69) is 5.16 Å². The summed E-state index contributed by atoms with van der Waals surface area (Å²) in [5, 5.41) is 5.74. The molecule has 0 fully saturated rings. The van der Waals surface area contributed by atoms with Crippen LogP contribution in [-0.2, 0) is 6.54 Å². The van der Waals surface area contributed by atoms with E-state index in [1.54, 1.807) is 29.2 Å². The average molecular weight is 250 g/mol. The van der Waals surface area contributed by atoms with Gasteiger partial charge in [0.15, 0.2) is 0 Å². The molecule has 2 aromatic heterocycles. The topological polar surface area (TPSA) is 46.3 Å². The smallest absolute Gasteiger partial charge is 0.292 e. The number of aromatic nitrogens is 1. The zero-order valence-corrected chi connectivity index (χ0v) is 10.7. The van der Waals surface area contributed by atoms with Crippen LogP contribution in [0.5, 0.6) is 0 Å². The number of aryl methyl sites for hydroxylation is 1. The molecule has 0 aliphatic rings. The number of carbonyl (C=O) groups is 1. The van der Waals surface area contributed by atoms with Crippen LogP contribution in [0.25, 0.3) is 0 Å². The van der Waals surface area contributed by atoms with Gasteiger partial charge >= 0.3 is 0 Å². The summed E-state index contributed by atoms with van der Waals surface area (Å²) < 4.78 is 4.99. The zero-order chi connectivity index (χ0) is 12.3. The van der Waals surface area contributed by atoms with Crippen LogP contribution in [0, 0.1) is 6.92 Å². The van der Waals surface area contributed by atoms with Crippen LogP contribution in [0.3, 0.4) is 0 Å². The highest BCUT2D eigenvalue weighted by Crippen LogP contribution is 2.14. The molecule has 0 saturated heterocycles. The van der Waals surface area contributed by atoms with Crippen LogP contribution >= 0.6 is 11.3 Å². The van der Waals surface area contributed by atoms with E-state index < -0.39 is 0 Å². The Morgan fingerprint density at radius 1 is 1.59 bits per heavy atom. The first-order chi connectivity index (χ1) is 8.20. The van der Waals surface area contributed by atoms with Gasteiger partial charge in [-0.15, -0.1) is 11.3 Å². The van der Waals surface area contributed by atoms with Crippen molar-refractivity contribution in [1.82, 2.24) is 10.1 Å². The summed E-state index contributed by atoms with van der Waals surface area (Å²) in [7, 11) is 0. The van der Waals surface area contributed by atoms with Gasteiger partial charge in [-0.25, -0.2) is 0 Å². The lowest BCUT2D eigenvalue weighted by molar-refractivity contribution is 0.0712. The largest absolute Gasteiger partial charge is 0.351 e. The highest BCUT2D eigenvalue weighted by atomic mass is 32.1. The van der Waals surface area contributed by atoms with Crippen molar-refractivity contribution in [1.29, 1.82) is 0 Å². The minimum absolute atomic E-state index is 0.110. The number of rotatable bonds is 4. The van der Waals surface area contributed by atoms with Gasteiger partial charge in [-0.3, -0.25) is 4.79 Å². The van der Waals surface area contributed by atoms with Crippen LogP contribution in [0.4, 0.5) is 0 Å². The van der Waals surface area contributed by atoms with Crippen molar-refractivity contribution >= 4 is 17.2 Å². The highest BCUT2D eigenvalue weighted by molar-refractivity contribution is 7.09. The van der Waals surface area contributed by atoms with Crippen molar-refractivity contribution in [3.8, 4) is 0 Å². The Kier molecular flexibility index (Phi) is 3.58. The van der Waals surface area contributed by atoms with E-state index >= 15 is 0 Å². The molecule has 0 bridgehead atoms. The third-order valence-corrected chi connectivity index (χ3v) is 3.30. The molecule has 0 N–H and O–H groups in total. The molecular weight excluding hydrogens is 236 g/mol. The highest BCUT2D eigenvalue weighted by Gasteiger charge is 2.18. The van der Waals surface area contributed by atoms with Gasteiger partial charge in [0.1, 0.15) is 0 Å². The third kappa shape index (κ3) is 2.74. The lowest BCUT2D eigenvalue weighted by Crippen LogP contribution is -2.29. The SMILES string of the molecule is CCN(Cc1cccs1)C(=O)c1cc(C)no1. The summed E-state index contributed by atoms with van der Waals surface area (Å²) in [6, 6.07) is 5.67. The summed E-state index contributed by atoms with van der Waals surface area (Å²) >= 11 is 1.64. The predicted molar refractivity (Wildman–Crippen MR) is 66.0 cm³/mol. The van der Waals surface area contributed by atoms with Gasteiger partial charge in [0.2, 0.25) is 5.76 Å². The number of nitrogens with zero attached hydrogens (tertiary/aromatic N) is 2. The van der Waals surface area contributed by atoms with Crippen molar-refractivity contribution in [3.63, 3.8) is 0 Å². The van der Waals surface area contributed by atoms with Gasteiger partial charge in [0.05, 0.1) is 12.2 Å². The lowest BCUT2D eigenvalue weighted by atomic mass is 10.3. The molecule has 2 rings (SSSR count). The fourth-order valence-electron chi connectivity index (χ4n) is 1.54. The first-order valence-corrected chi connectivity index (χ1v) is 6.33. The number of thiophene rings is 1. The molecule has 1 amide bonds. The van der Waals surface area contributed by atoms with E-state index in [-0.39, 0.29) is 5.91 Å². The Labute approximate surface area is 104 Å².